The van der Waals surface area contributed by atoms with E-state index in [0.717, 1.165) is 5.56 Å². The van der Waals surface area contributed by atoms with Gasteiger partial charge in [-0.2, -0.15) is 0 Å². The summed E-state index contributed by atoms with van der Waals surface area (Å²) < 4.78 is 4.90. The van der Waals surface area contributed by atoms with Crippen LogP contribution < -0.4 is 0 Å². The van der Waals surface area contributed by atoms with Crippen LogP contribution in [-0.4, -0.2) is 35.8 Å². The molecule has 1 aliphatic rings. The molecule has 1 fully saturated rings. The maximum Gasteiger partial charge on any atom is 0.409 e. The minimum atomic E-state index is -0.278. The molecule has 1 aromatic carbocycles. The molecule has 0 bridgehead atoms. The van der Waals surface area contributed by atoms with Gasteiger partial charge in [0.25, 0.3) is 0 Å². The first-order valence-corrected chi connectivity index (χ1v) is 4.84. The number of amides is 1. The fraction of sp³-hybridized carbons (Fsp3) is 0.364. The zero-order chi connectivity index (χ0) is 10.8. The Balaban J connectivity index is 2.06. The third-order valence-electron chi connectivity index (χ3n) is 2.62. The molecule has 15 heavy (non-hydrogen) atoms. The third-order valence-corrected chi connectivity index (χ3v) is 2.62. The Morgan fingerprint density at radius 3 is 3.00 bits per heavy atom. The van der Waals surface area contributed by atoms with Crippen LogP contribution in [0.1, 0.15) is 5.56 Å². The van der Waals surface area contributed by atoms with Crippen LogP contribution in [-0.2, 0) is 11.2 Å². The van der Waals surface area contributed by atoms with E-state index in [1.54, 1.807) is 30.1 Å². The number of carbonyl (C=O) groups excluding carboxylic acids is 1. The van der Waals surface area contributed by atoms with Crippen LogP contribution in [0.4, 0.5) is 4.79 Å². The van der Waals surface area contributed by atoms with Crippen LogP contribution in [0.15, 0.2) is 24.3 Å². The Morgan fingerprint density at radius 1 is 1.60 bits per heavy atom. The van der Waals surface area contributed by atoms with E-state index in [1.807, 2.05) is 6.07 Å². The topological polar surface area (TPSA) is 49.8 Å². The number of likely N-dealkylation sites (N-methyl/N-ethyl adjacent to an activating group) is 1. The lowest BCUT2D eigenvalue weighted by atomic mass is 10.1. The molecule has 4 nitrogen and oxygen atoms in total. The van der Waals surface area contributed by atoms with Gasteiger partial charge in [0.15, 0.2) is 0 Å². The molecule has 1 unspecified atom stereocenters. The van der Waals surface area contributed by atoms with Gasteiger partial charge in [-0.05, 0) is 24.1 Å². The fourth-order valence-corrected chi connectivity index (χ4v) is 1.68. The van der Waals surface area contributed by atoms with Gasteiger partial charge in [0.05, 0.1) is 6.04 Å². The van der Waals surface area contributed by atoms with Crippen molar-refractivity contribution in [1.82, 2.24) is 4.90 Å². The van der Waals surface area contributed by atoms with Crippen molar-refractivity contribution in [2.45, 2.75) is 12.5 Å². The second-order valence-corrected chi connectivity index (χ2v) is 3.72. The van der Waals surface area contributed by atoms with Gasteiger partial charge < -0.3 is 14.7 Å². The van der Waals surface area contributed by atoms with E-state index < -0.39 is 0 Å². The lowest BCUT2D eigenvalue weighted by Gasteiger charge is -2.15. The monoisotopic (exact) mass is 207 g/mol. The van der Waals surface area contributed by atoms with E-state index in [9.17, 15) is 9.90 Å². The van der Waals surface area contributed by atoms with Gasteiger partial charge in [-0.3, -0.25) is 0 Å². The highest BCUT2D eigenvalue weighted by Gasteiger charge is 2.29. The highest BCUT2D eigenvalue weighted by molar-refractivity contribution is 5.69. The summed E-state index contributed by atoms with van der Waals surface area (Å²) in [5.74, 6) is 0.250. The summed E-state index contributed by atoms with van der Waals surface area (Å²) in [6, 6.07) is 7.12. The molecule has 80 valence electrons. The van der Waals surface area contributed by atoms with Crippen molar-refractivity contribution < 1.29 is 14.6 Å². The standard InChI is InChI=1S/C11H13NO3/c1-12-9(7-15-11(12)14)5-8-3-2-4-10(13)6-8/h2-4,6,9,13H,5,7H2,1H3. The summed E-state index contributed by atoms with van der Waals surface area (Å²) in [7, 11) is 1.72. The number of rotatable bonds is 2. The third kappa shape index (κ3) is 2.03. The first-order chi connectivity index (χ1) is 7.16. The molecule has 0 spiro atoms. The molecular weight excluding hydrogens is 194 g/mol. The summed E-state index contributed by atoms with van der Waals surface area (Å²) in [6.07, 6.45) is 0.427. The minimum absolute atomic E-state index is 0.0688. The first-order valence-electron chi connectivity index (χ1n) is 4.84. The Hall–Kier alpha value is -1.71. The van der Waals surface area contributed by atoms with Crippen molar-refractivity contribution in [3.63, 3.8) is 0 Å². The lowest BCUT2D eigenvalue weighted by molar-refractivity contribution is 0.163. The van der Waals surface area contributed by atoms with E-state index in [1.165, 1.54) is 0 Å². The van der Waals surface area contributed by atoms with Crippen molar-refractivity contribution in [3.05, 3.63) is 29.8 Å². The molecule has 0 radical (unpaired) electrons. The zero-order valence-electron chi connectivity index (χ0n) is 8.51. The largest absolute Gasteiger partial charge is 0.508 e. The molecule has 1 heterocycles. The summed E-state index contributed by atoms with van der Waals surface area (Å²) in [6.45, 7) is 0.422. The number of benzene rings is 1. The number of phenols is 1. The van der Waals surface area contributed by atoms with Gasteiger partial charge in [-0.1, -0.05) is 12.1 Å². The Bertz CT molecular complexity index is 378. The van der Waals surface area contributed by atoms with Crippen LogP contribution in [0.3, 0.4) is 0 Å². The number of aromatic hydroxyl groups is 1. The number of hydrogen-bond acceptors (Lipinski definition) is 3. The summed E-state index contributed by atoms with van der Waals surface area (Å²) in [5, 5.41) is 9.29. The summed E-state index contributed by atoms with van der Waals surface area (Å²) >= 11 is 0. The quantitative estimate of drug-likeness (QED) is 0.797. The fourth-order valence-electron chi connectivity index (χ4n) is 1.68. The van der Waals surface area contributed by atoms with E-state index >= 15 is 0 Å². The van der Waals surface area contributed by atoms with Crippen molar-refractivity contribution in [2.24, 2.45) is 0 Å². The van der Waals surface area contributed by atoms with E-state index in [4.69, 9.17) is 4.74 Å². The van der Waals surface area contributed by atoms with Crippen molar-refractivity contribution >= 4 is 6.09 Å². The van der Waals surface area contributed by atoms with Gasteiger partial charge in [0.2, 0.25) is 0 Å². The normalized spacial score (nSPS) is 20.5. The molecule has 1 aliphatic heterocycles. The lowest BCUT2D eigenvalue weighted by Crippen LogP contribution is -2.30. The molecule has 1 aromatic rings. The molecule has 4 heteroatoms. The maximum absolute atomic E-state index is 11.1. The van der Waals surface area contributed by atoms with Crippen LogP contribution >= 0.6 is 0 Å². The van der Waals surface area contributed by atoms with Gasteiger partial charge in [-0.15, -0.1) is 0 Å². The highest BCUT2D eigenvalue weighted by Crippen LogP contribution is 2.17. The number of nitrogens with zero attached hydrogens (tertiary/aromatic N) is 1. The van der Waals surface area contributed by atoms with Crippen LogP contribution in [0.2, 0.25) is 0 Å². The Labute approximate surface area is 88.1 Å². The molecule has 2 rings (SSSR count). The molecule has 1 N–H and O–H groups in total. The van der Waals surface area contributed by atoms with Crippen LogP contribution in [0, 0.1) is 0 Å². The van der Waals surface area contributed by atoms with Gasteiger partial charge in [-0.25, -0.2) is 4.79 Å². The predicted octanol–water partition coefficient (Wildman–Crippen LogP) is 1.39. The Kier molecular flexibility index (Phi) is 2.49. The SMILES string of the molecule is CN1C(=O)OCC1Cc1cccc(O)c1. The van der Waals surface area contributed by atoms with Gasteiger partial charge in [0.1, 0.15) is 12.4 Å². The number of hydrogen-bond donors (Lipinski definition) is 1. The summed E-state index contributed by atoms with van der Waals surface area (Å²) in [4.78, 5) is 12.7. The summed E-state index contributed by atoms with van der Waals surface area (Å²) in [5.41, 5.74) is 1.00. The second kappa shape index (κ2) is 3.81. The van der Waals surface area contributed by atoms with Crippen LogP contribution in [0.25, 0.3) is 0 Å². The van der Waals surface area contributed by atoms with Crippen molar-refractivity contribution in [1.29, 1.82) is 0 Å². The molecule has 1 atom stereocenters. The second-order valence-electron chi connectivity index (χ2n) is 3.72. The minimum Gasteiger partial charge on any atom is -0.508 e. The average Bonchev–Trinajstić information content (AvgIpc) is 2.50. The highest BCUT2D eigenvalue weighted by atomic mass is 16.6. The Morgan fingerprint density at radius 2 is 2.40 bits per heavy atom. The zero-order valence-corrected chi connectivity index (χ0v) is 8.51. The molecule has 1 amide bonds. The maximum atomic E-state index is 11.1. The van der Waals surface area contributed by atoms with E-state index in [-0.39, 0.29) is 17.9 Å². The number of carbonyl (C=O) groups is 1. The molecule has 0 aliphatic carbocycles. The van der Waals surface area contributed by atoms with E-state index in [2.05, 4.69) is 0 Å². The molecule has 0 saturated carbocycles. The van der Waals surface area contributed by atoms with Gasteiger partial charge >= 0.3 is 6.09 Å². The molecule has 1 saturated heterocycles. The number of phenolic OH excluding ortho intramolecular Hbond substituents is 1. The average molecular weight is 207 g/mol. The molecule has 0 aromatic heterocycles. The van der Waals surface area contributed by atoms with Crippen LogP contribution in [0.5, 0.6) is 5.75 Å². The number of ether oxygens (including phenoxy) is 1. The van der Waals surface area contributed by atoms with Gasteiger partial charge in [0, 0.05) is 7.05 Å². The van der Waals surface area contributed by atoms with Crippen molar-refractivity contribution in [2.75, 3.05) is 13.7 Å². The smallest absolute Gasteiger partial charge is 0.409 e. The van der Waals surface area contributed by atoms with Crippen molar-refractivity contribution in [3.8, 4) is 5.75 Å². The van der Waals surface area contributed by atoms with E-state index in [0.29, 0.717) is 13.0 Å². The molecular formula is C11H13NO3. The number of cyclic esters (lactones) is 1. The predicted molar refractivity (Wildman–Crippen MR) is 54.7 cm³/mol. The first kappa shape index (κ1) is 9.83.